The van der Waals surface area contributed by atoms with Gasteiger partial charge in [-0.05, 0) is 30.0 Å². The number of amides is 1. The lowest BCUT2D eigenvalue weighted by Gasteiger charge is -2.20. The molecule has 1 amide bonds. The number of nitrogens with one attached hydrogen (secondary N) is 1. The van der Waals surface area contributed by atoms with Crippen molar-refractivity contribution >= 4 is 49.9 Å². The molecule has 0 radical (unpaired) electrons. The maximum Gasteiger partial charge on any atom is 0.302 e. The molecule has 32 heavy (non-hydrogen) atoms. The number of thiazole rings is 1. The average molecular weight is 497 g/mol. The van der Waals surface area contributed by atoms with Crippen LogP contribution in [0.2, 0.25) is 0 Å². The minimum absolute atomic E-state index is 0.130. The second-order valence-electron chi connectivity index (χ2n) is 7.94. The molecule has 1 aliphatic carbocycles. The summed E-state index contributed by atoms with van der Waals surface area (Å²) in [6, 6.07) is 6.63. The Bertz CT molecular complexity index is 1030. The number of ether oxygens (including phenoxy) is 1. The fraction of sp³-hybridized carbons (Fsp3) is 0.500. The van der Waals surface area contributed by atoms with E-state index in [1.807, 2.05) is 0 Å². The lowest BCUT2D eigenvalue weighted by molar-refractivity contribution is -0.140. The summed E-state index contributed by atoms with van der Waals surface area (Å²) in [5.74, 6) is 0.307. The smallest absolute Gasteiger partial charge is 0.302 e. The molecule has 2 aromatic rings. The van der Waals surface area contributed by atoms with Crippen molar-refractivity contribution in [3.05, 3.63) is 36.0 Å². The van der Waals surface area contributed by atoms with Crippen molar-refractivity contribution in [1.29, 1.82) is 0 Å². The van der Waals surface area contributed by atoms with E-state index in [-0.39, 0.29) is 22.7 Å². The van der Waals surface area contributed by atoms with Crippen LogP contribution in [-0.2, 0) is 24.2 Å². The molecular weight excluding hydrogens is 468 g/mol. The molecule has 1 saturated carbocycles. The lowest BCUT2D eigenvalue weighted by atomic mass is 9.87. The van der Waals surface area contributed by atoms with Crippen molar-refractivity contribution in [2.24, 2.45) is 5.92 Å². The molecule has 1 fully saturated rings. The zero-order valence-electron chi connectivity index (χ0n) is 18.2. The Labute approximate surface area is 197 Å². The van der Waals surface area contributed by atoms with E-state index in [2.05, 4.69) is 10.3 Å². The van der Waals surface area contributed by atoms with Gasteiger partial charge < -0.3 is 10.1 Å². The van der Waals surface area contributed by atoms with Crippen molar-refractivity contribution in [3.8, 4) is 0 Å². The molecule has 0 bridgehead atoms. The number of anilines is 1. The Hall–Kier alpha value is -1.91. The number of carbonyl (C=O) groups is 2. The van der Waals surface area contributed by atoms with Crippen LogP contribution in [0.5, 0.6) is 0 Å². The van der Waals surface area contributed by atoms with E-state index in [9.17, 15) is 18.0 Å². The highest BCUT2D eigenvalue weighted by Gasteiger charge is 2.27. The number of esters is 1. The van der Waals surface area contributed by atoms with E-state index in [0.717, 1.165) is 29.0 Å². The quantitative estimate of drug-likeness (QED) is 0.293. The molecule has 1 atom stereocenters. The topological polar surface area (TPSA) is 102 Å². The van der Waals surface area contributed by atoms with Crippen LogP contribution in [-0.4, -0.2) is 43.9 Å². The third kappa shape index (κ3) is 7.31. The summed E-state index contributed by atoms with van der Waals surface area (Å²) in [7, 11) is -3.29. The van der Waals surface area contributed by atoms with Crippen molar-refractivity contribution in [2.45, 2.75) is 54.1 Å². The first-order valence-electron chi connectivity index (χ1n) is 10.5. The van der Waals surface area contributed by atoms with E-state index in [1.54, 1.807) is 30.5 Å². The summed E-state index contributed by atoms with van der Waals surface area (Å²) >= 11 is 2.90. The summed E-state index contributed by atoms with van der Waals surface area (Å²) in [6.07, 6.45) is 8.22. The van der Waals surface area contributed by atoms with Gasteiger partial charge in [0.2, 0.25) is 5.91 Å². The van der Waals surface area contributed by atoms with Crippen LogP contribution in [0.15, 0.2) is 39.6 Å². The van der Waals surface area contributed by atoms with Crippen LogP contribution < -0.4 is 5.32 Å². The largest absolute Gasteiger partial charge is 0.465 e. The summed E-state index contributed by atoms with van der Waals surface area (Å²) in [5, 5.41) is 3.46. The van der Waals surface area contributed by atoms with E-state index in [4.69, 9.17) is 4.74 Å². The molecule has 10 heteroatoms. The second kappa shape index (κ2) is 11.3. The van der Waals surface area contributed by atoms with Gasteiger partial charge in [-0.2, -0.15) is 0 Å². The third-order valence-corrected chi connectivity index (χ3v) is 8.62. The van der Waals surface area contributed by atoms with Crippen LogP contribution in [0.3, 0.4) is 0 Å². The Morgan fingerprint density at radius 3 is 2.56 bits per heavy atom. The van der Waals surface area contributed by atoms with Gasteiger partial charge in [0.05, 0.1) is 21.2 Å². The zero-order chi connectivity index (χ0) is 23.1. The van der Waals surface area contributed by atoms with E-state index < -0.39 is 9.84 Å². The summed E-state index contributed by atoms with van der Waals surface area (Å²) in [5.41, 5.74) is 0.814. The summed E-state index contributed by atoms with van der Waals surface area (Å²) < 4.78 is 29.4. The maximum atomic E-state index is 13.2. The van der Waals surface area contributed by atoms with Gasteiger partial charge in [-0.25, -0.2) is 13.4 Å². The molecule has 1 aromatic heterocycles. The van der Waals surface area contributed by atoms with E-state index >= 15 is 0 Å². The monoisotopic (exact) mass is 496 g/mol. The third-order valence-electron chi connectivity index (χ3n) is 5.42. The highest BCUT2D eigenvalue weighted by Crippen LogP contribution is 2.36. The highest BCUT2D eigenvalue weighted by atomic mass is 32.2. The molecule has 1 N–H and O–H groups in total. The number of hydrogen-bond acceptors (Lipinski definition) is 8. The molecule has 7 nitrogen and oxygen atoms in total. The summed E-state index contributed by atoms with van der Waals surface area (Å²) in [4.78, 5) is 28.6. The van der Waals surface area contributed by atoms with Gasteiger partial charge in [0.25, 0.3) is 0 Å². The maximum absolute atomic E-state index is 13.2. The van der Waals surface area contributed by atoms with Gasteiger partial charge in [0, 0.05) is 18.9 Å². The number of carbonyl (C=O) groups excluding carboxylic acids is 2. The summed E-state index contributed by atoms with van der Waals surface area (Å²) in [6.45, 7) is 1.70. The fourth-order valence-corrected chi connectivity index (χ4v) is 6.23. The number of nitrogens with zero attached hydrogens (tertiary/aromatic N) is 1. The van der Waals surface area contributed by atoms with Crippen LogP contribution in [0.25, 0.3) is 0 Å². The second-order valence-corrected chi connectivity index (χ2v) is 12.4. The Morgan fingerprint density at radius 1 is 1.25 bits per heavy atom. The molecule has 3 rings (SSSR count). The first-order chi connectivity index (χ1) is 15.2. The van der Waals surface area contributed by atoms with Crippen molar-refractivity contribution in [2.75, 3.05) is 23.9 Å². The predicted octanol–water partition coefficient (Wildman–Crippen LogP) is 4.50. The minimum atomic E-state index is -3.29. The number of benzene rings is 1. The molecule has 1 aliphatic rings. The molecule has 0 saturated heterocycles. The average Bonchev–Trinajstić information content (AvgIpc) is 3.41. The molecular formula is C22H28N2O5S3. The predicted molar refractivity (Wildman–Crippen MR) is 127 cm³/mol. The van der Waals surface area contributed by atoms with Crippen molar-refractivity contribution < 1.29 is 22.7 Å². The first kappa shape index (κ1) is 24.7. The molecule has 174 valence electrons. The standard InChI is InChI=1S/C22H28N2O5S3/c1-15(25)29-11-12-30-20-14-23-22(31-20)24-21(26)19(13-16-5-3-4-6-16)17-7-9-18(10-8-17)32(2,27)28/h7-10,14,16,19H,3-6,11-13H2,1-2H3,(H,23,24,26). The fourth-order valence-electron chi connectivity index (χ4n) is 3.83. The minimum Gasteiger partial charge on any atom is -0.465 e. The highest BCUT2D eigenvalue weighted by molar-refractivity contribution is 8.01. The van der Waals surface area contributed by atoms with Gasteiger partial charge in [0.1, 0.15) is 6.61 Å². The number of sulfone groups is 1. The van der Waals surface area contributed by atoms with Gasteiger partial charge in [-0.1, -0.05) is 49.2 Å². The van der Waals surface area contributed by atoms with Crippen LogP contribution >= 0.6 is 23.1 Å². The molecule has 1 heterocycles. The number of thioether (sulfide) groups is 1. The first-order valence-corrected chi connectivity index (χ1v) is 14.2. The lowest BCUT2D eigenvalue weighted by Crippen LogP contribution is -2.23. The van der Waals surface area contributed by atoms with Crippen LogP contribution in [0.1, 0.15) is 50.5 Å². The van der Waals surface area contributed by atoms with E-state index in [0.29, 0.717) is 23.4 Å². The molecule has 0 spiro atoms. The molecule has 0 aliphatic heterocycles. The van der Waals surface area contributed by atoms with Gasteiger partial charge in [-0.15, -0.1) is 11.8 Å². The van der Waals surface area contributed by atoms with E-state index in [1.165, 1.54) is 49.1 Å². The van der Waals surface area contributed by atoms with Gasteiger partial charge >= 0.3 is 5.97 Å². The number of hydrogen-bond donors (Lipinski definition) is 1. The SMILES string of the molecule is CC(=O)OCCSc1cnc(NC(=O)C(CC2CCCC2)c2ccc(S(C)(=O)=O)cc2)s1. The normalized spacial score (nSPS) is 15.4. The molecule has 1 unspecified atom stereocenters. The Kier molecular flexibility index (Phi) is 8.72. The Balaban J connectivity index is 1.68. The van der Waals surface area contributed by atoms with Crippen molar-refractivity contribution in [1.82, 2.24) is 4.98 Å². The van der Waals surface area contributed by atoms with Gasteiger partial charge in [-0.3, -0.25) is 9.59 Å². The van der Waals surface area contributed by atoms with Crippen LogP contribution in [0, 0.1) is 5.92 Å². The Morgan fingerprint density at radius 2 is 1.94 bits per heavy atom. The number of aromatic nitrogens is 1. The van der Waals surface area contributed by atoms with Crippen LogP contribution in [0.4, 0.5) is 5.13 Å². The van der Waals surface area contributed by atoms with Gasteiger partial charge in [0.15, 0.2) is 15.0 Å². The zero-order valence-corrected chi connectivity index (χ0v) is 20.7. The number of rotatable bonds is 10. The van der Waals surface area contributed by atoms with Crippen molar-refractivity contribution in [3.63, 3.8) is 0 Å². The molecule has 1 aromatic carbocycles.